The molecular formula is C26H30O2. The molecule has 2 aromatic rings. The predicted molar refractivity (Wildman–Crippen MR) is 113 cm³/mol. The molecule has 3 aliphatic rings. The summed E-state index contributed by atoms with van der Waals surface area (Å²) in [6.45, 7) is 4.54. The van der Waals surface area contributed by atoms with Gasteiger partial charge in [0.2, 0.25) is 0 Å². The van der Waals surface area contributed by atoms with Gasteiger partial charge in [-0.1, -0.05) is 48.4 Å². The van der Waals surface area contributed by atoms with Crippen molar-refractivity contribution in [3.63, 3.8) is 0 Å². The first-order valence-corrected chi connectivity index (χ1v) is 10.7. The second-order valence-electron chi connectivity index (χ2n) is 9.62. The van der Waals surface area contributed by atoms with Crippen LogP contribution in [0.25, 0.3) is 0 Å². The summed E-state index contributed by atoms with van der Waals surface area (Å²) in [6.07, 6.45) is 6.88. The molecule has 0 aliphatic heterocycles. The van der Waals surface area contributed by atoms with Gasteiger partial charge in [0.05, 0.1) is 6.10 Å². The van der Waals surface area contributed by atoms with Crippen LogP contribution < -0.4 is 0 Å². The van der Waals surface area contributed by atoms with Gasteiger partial charge in [-0.05, 0) is 91.7 Å². The van der Waals surface area contributed by atoms with E-state index in [1.165, 1.54) is 22.3 Å². The van der Waals surface area contributed by atoms with Crippen LogP contribution in [0.1, 0.15) is 61.3 Å². The van der Waals surface area contributed by atoms with Crippen molar-refractivity contribution in [3.8, 4) is 5.75 Å². The van der Waals surface area contributed by atoms with Crippen molar-refractivity contribution in [2.75, 3.05) is 0 Å². The molecule has 0 aromatic heterocycles. The summed E-state index contributed by atoms with van der Waals surface area (Å²) in [5.41, 5.74) is 8.67. The number of benzene rings is 2. The Labute approximate surface area is 167 Å². The third kappa shape index (κ3) is 2.58. The SMILES string of the molecule is Cc1cc(O)cc2c1[C@]1(Cc3ccccc3)CCC3(C)C[C@H](O)CC3=C1CC2. The van der Waals surface area contributed by atoms with Crippen LogP contribution in [-0.4, -0.2) is 16.3 Å². The minimum Gasteiger partial charge on any atom is -0.508 e. The van der Waals surface area contributed by atoms with Gasteiger partial charge in [-0.2, -0.15) is 0 Å². The monoisotopic (exact) mass is 374 g/mol. The van der Waals surface area contributed by atoms with E-state index in [0.29, 0.717) is 5.75 Å². The highest BCUT2D eigenvalue weighted by Gasteiger charge is 2.52. The molecule has 3 atom stereocenters. The predicted octanol–water partition coefficient (Wildman–Crippen LogP) is 5.38. The van der Waals surface area contributed by atoms with Crippen LogP contribution in [0, 0.1) is 12.3 Å². The van der Waals surface area contributed by atoms with Crippen molar-refractivity contribution < 1.29 is 10.2 Å². The summed E-state index contributed by atoms with van der Waals surface area (Å²) >= 11 is 0. The van der Waals surface area contributed by atoms with Crippen LogP contribution in [0.4, 0.5) is 0 Å². The lowest BCUT2D eigenvalue weighted by atomic mass is 9.53. The number of aliphatic hydroxyl groups excluding tert-OH is 1. The van der Waals surface area contributed by atoms with Crippen LogP contribution in [-0.2, 0) is 18.3 Å². The van der Waals surface area contributed by atoms with Gasteiger partial charge < -0.3 is 10.2 Å². The molecule has 0 heterocycles. The van der Waals surface area contributed by atoms with Gasteiger partial charge in [0.25, 0.3) is 0 Å². The Balaban J connectivity index is 1.76. The Morgan fingerprint density at radius 2 is 1.82 bits per heavy atom. The number of hydrogen-bond acceptors (Lipinski definition) is 2. The average Bonchev–Trinajstić information content (AvgIpc) is 2.96. The third-order valence-corrected chi connectivity index (χ3v) is 7.77. The zero-order chi connectivity index (χ0) is 19.5. The second kappa shape index (κ2) is 6.22. The maximum Gasteiger partial charge on any atom is 0.116 e. The maximum atomic E-state index is 10.5. The fraction of sp³-hybridized carbons (Fsp3) is 0.462. The van der Waals surface area contributed by atoms with E-state index >= 15 is 0 Å². The highest BCUT2D eigenvalue weighted by molar-refractivity contribution is 5.57. The lowest BCUT2D eigenvalue weighted by Gasteiger charge is -2.50. The van der Waals surface area contributed by atoms with Gasteiger partial charge >= 0.3 is 0 Å². The highest BCUT2D eigenvalue weighted by atomic mass is 16.3. The molecule has 146 valence electrons. The topological polar surface area (TPSA) is 40.5 Å². The van der Waals surface area contributed by atoms with Gasteiger partial charge in [0, 0.05) is 5.41 Å². The quantitative estimate of drug-likeness (QED) is 0.693. The first kappa shape index (κ1) is 18.0. The molecule has 28 heavy (non-hydrogen) atoms. The smallest absolute Gasteiger partial charge is 0.116 e. The van der Waals surface area contributed by atoms with E-state index in [1.807, 2.05) is 12.1 Å². The zero-order valence-electron chi connectivity index (χ0n) is 17.0. The molecule has 2 N–H and O–H groups in total. The molecule has 1 saturated carbocycles. The Bertz CT molecular complexity index is 958. The van der Waals surface area contributed by atoms with E-state index in [9.17, 15) is 10.2 Å². The van der Waals surface area contributed by atoms with Gasteiger partial charge in [-0.25, -0.2) is 0 Å². The summed E-state index contributed by atoms with van der Waals surface area (Å²) in [5.74, 6) is 0.388. The van der Waals surface area contributed by atoms with Gasteiger partial charge in [0.15, 0.2) is 0 Å². The van der Waals surface area contributed by atoms with E-state index in [0.717, 1.165) is 44.9 Å². The molecule has 2 aromatic carbocycles. The molecule has 1 fully saturated rings. The Morgan fingerprint density at radius 1 is 1.04 bits per heavy atom. The van der Waals surface area contributed by atoms with E-state index < -0.39 is 0 Å². The molecular weight excluding hydrogens is 344 g/mol. The maximum absolute atomic E-state index is 10.5. The number of hydrogen-bond donors (Lipinski definition) is 2. The first-order chi connectivity index (χ1) is 13.4. The lowest BCUT2D eigenvalue weighted by Crippen LogP contribution is -2.42. The van der Waals surface area contributed by atoms with Crippen molar-refractivity contribution in [1.29, 1.82) is 0 Å². The number of aryl methyl sites for hydroxylation is 2. The highest BCUT2D eigenvalue weighted by Crippen LogP contribution is 2.61. The van der Waals surface area contributed by atoms with E-state index in [-0.39, 0.29) is 16.9 Å². The number of phenols is 1. The average molecular weight is 375 g/mol. The summed E-state index contributed by atoms with van der Waals surface area (Å²) in [5, 5.41) is 20.7. The fourth-order valence-electron chi connectivity index (χ4n) is 6.74. The minimum atomic E-state index is -0.192. The minimum absolute atomic E-state index is 0.00558. The van der Waals surface area contributed by atoms with Crippen molar-refractivity contribution in [2.45, 2.75) is 70.3 Å². The molecule has 0 spiro atoms. The third-order valence-electron chi connectivity index (χ3n) is 7.77. The van der Waals surface area contributed by atoms with Crippen LogP contribution >= 0.6 is 0 Å². The number of rotatable bonds is 2. The largest absolute Gasteiger partial charge is 0.508 e. The van der Waals surface area contributed by atoms with Crippen LogP contribution in [0.15, 0.2) is 53.6 Å². The second-order valence-corrected chi connectivity index (χ2v) is 9.62. The molecule has 1 unspecified atom stereocenters. The molecule has 2 nitrogen and oxygen atoms in total. The van der Waals surface area contributed by atoms with Crippen molar-refractivity contribution in [2.24, 2.45) is 5.41 Å². The summed E-state index contributed by atoms with van der Waals surface area (Å²) < 4.78 is 0. The van der Waals surface area contributed by atoms with Gasteiger partial charge in [0.1, 0.15) is 5.75 Å². The molecule has 0 saturated heterocycles. The first-order valence-electron chi connectivity index (χ1n) is 10.7. The van der Waals surface area contributed by atoms with E-state index in [4.69, 9.17) is 0 Å². The molecule has 5 rings (SSSR count). The molecule has 3 aliphatic carbocycles. The Morgan fingerprint density at radius 3 is 2.61 bits per heavy atom. The lowest BCUT2D eigenvalue weighted by molar-refractivity contribution is 0.156. The summed E-state index contributed by atoms with van der Waals surface area (Å²) in [6, 6.07) is 14.8. The Kier molecular flexibility index (Phi) is 4.00. The molecule has 0 amide bonds. The van der Waals surface area contributed by atoms with Crippen molar-refractivity contribution in [3.05, 3.63) is 75.9 Å². The number of allylic oxidation sites excluding steroid dienone is 1. The number of fused-ring (bicyclic) bond motifs is 4. The number of aromatic hydroxyl groups is 1. The van der Waals surface area contributed by atoms with Crippen molar-refractivity contribution >= 4 is 0 Å². The normalized spacial score (nSPS) is 31.3. The number of aliphatic hydroxyl groups is 1. The number of phenolic OH excluding ortho intramolecular Hbond substituents is 1. The summed E-state index contributed by atoms with van der Waals surface area (Å²) in [7, 11) is 0. The summed E-state index contributed by atoms with van der Waals surface area (Å²) in [4.78, 5) is 0. The fourth-order valence-corrected chi connectivity index (χ4v) is 6.74. The molecule has 2 heteroatoms. The molecule has 0 radical (unpaired) electrons. The molecule has 0 bridgehead atoms. The van der Waals surface area contributed by atoms with E-state index in [1.54, 1.807) is 11.1 Å². The Hall–Kier alpha value is -2.06. The van der Waals surface area contributed by atoms with Crippen molar-refractivity contribution in [1.82, 2.24) is 0 Å². The zero-order valence-corrected chi connectivity index (χ0v) is 17.0. The van der Waals surface area contributed by atoms with E-state index in [2.05, 4.69) is 44.2 Å². The van der Waals surface area contributed by atoms with Gasteiger partial charge in [-0.3, -0.25) is 0 Å². The van der Waals surface area contributed by atoms with Crippen LogP contribution in [0.5, 0.6) is 5.75 Å². The van der Waals surface area contributed by atoms with Crippen LogP contribution in [0.2, 0.25) is 0 Å². The van der Waals surface area contributed by atoms with Crippen LogP contribution in [0.3, 0.4) is 0 Å². The standard InChI is InChI=1S/C26H30O2/c1-17-12-20(27)13-19-8-9-22-23-14-21(28)16-25(23,2)10-11-26(22,24(17)19)15-18-6-4-3-5-7-18/h3-7,12-13,21,27-28H,8-11,14-16H2,1-2H3/t21-,25?,26+/m1/s1. The van der Waals surface area contributed by atoms with Gasteiger partial charge in [-0.15, -0.1) is 0 Å².